The van der Waals surface area contributed by atoms with E-state index < -0.39 is 0 Å². The number of carbonyl (C=O) groups excluding carboxylic acids is 3. The Labute approximate surface area is 192 Å². The Bertz CT molecular complexity index is 1120. The summed E-state index contributed by atoms with van der Waals surface area (Å²) in [5.74, 6) is -0.0433. The molecule has 0 bridgehead atoms. The van der Waals surface area contributed by atoms with Gasteiger partial charge in [0.05, 0.1) is 16.2 Å². The van der Waals surface area contributed by atoms with Crippen LogP contribution >= 0.6 is 11.8 Å². The van der Waals surface area contributed by atoms with Crippen LogP contribution in [0.15, 0.2) is 53.4 Å². The predicted octanol–water partition coefficient (Wildman–Crippen LogP) is 5.71. The maximum absolute atomic E-state index is 13.7. The molecule has 2 aromatic carbocycles. The zero-order chi connectivity index (χ0) is 22.2. The molecule has 5 rings (SSSR count). The van der Waals surface area contributed by atoms with Crippen LogP contribution in [0, 0.1) is 5.92 Å². The van der Waals surface area contributed by atoms with Gasteiger partial charge in [-0.2, -0.15) is 0 Å². The number of rotatable bonds is 4. The molecule has 1 saturated heterocycles. The van der Waals surface area contributed by atoms with Crippen molar-refractivity contribution in [1.29, 1.82) is 0 Å². The van der Waals surface area contributed by atoms with Crippen molar-refractivity contribution in [2.75, 3.05) is 18.0 Å². The number of nitrogens with zero attached hydrogens (tertiary/aromatic N) is 2. The number of benzene rings is 2. The van der Waals surface area contributed by atoms with Gasteiger partial charge < -0.3 is 4.90 Å². The molecule has 32 heavy (non-hydrogen) atoms. The lowest BCUT2D eigenvalue weighted by atomic mass is 9.89. The first-order valence-electron chi connectivity index (χ1n) is 11.4. The Hall–Kier alpha value is -2.86. The highest BCUT2D eigenvalue weighted by atomic mass is 32.2. The molecule has 2 aliphatic heterocycles. The molecule has 0 spiro atoms. The molecule has 0 radical (unpaired) electrons. The van der Waals surface area contributed by atoms with Crippen LogP contribution in [-0.2, 0) is 9.59 Å². The molecule has 2 aromatic rings. The number of amides is 3. The second kappa shape index (κ2) is 8.58. The molecule has 2 heterocycles. The van der Waals surface area contributed by atoms with Crippen molar-refractivity contribution in [3.8, 4) is 11.1 Å². The van der Waals surface area contributed by atoms with Crippen molar-refractivity contribution in [2.45, 2.75) is 39.0 Å². The van der Waals surface area contributed by atoms with Crippen LogP contribution in [-0.4, -0.2) is 35.0 Å². The zero-order valence-electron chi connectivity index (χ0n) is 18.2. The summed E-state index contributed by atoms with van der Waals surface area (Å²) in [6.07, 6.45) is 5.92. The second-order valence-electron chi connectivity index (χ2n) is 8.64. The van der Waals surface area contributed by atoms with E-state index in [1.807, 2.05) is 53.4 Å². The Balaban J connectivity index is 1.62. The van der Waals surface area contributed by atoms with Gasteiger partial charge in [0.15, 0.2) is 0 Å². The van der Waals surface area contributed by atoms with Crippen LogP contribution in [0.4, 0.5) is 10.5 Å². The Kier molecular flexibility index (Phi) is 5.64. The van der Waals surface area contributed by atoms with Crippen LogP contribution in [0.1, 0.15) is 44.6 Å². The fourth-order valence-corrected chi connectivity index (χ4v) is 5.99. The molecule has 0 N–H and O–H groups in total. The van der Waals surface area contributed by atoms with Crippen molar-refractivity contribution in [3.05, 3.63) is 59.0 Å². The van der Waals surface area contributed by atoms with Crippen LogP contribution in [0.5, 0.6) is 0 Å². The largest absolute Gasteiger partial charge is 0.307 e. The number of anilines is 1. The summed E-state index contributed by atoms with van der Waals surface area (Å²) in [7, 11) is 0. The van der Waals surface area contributed by atoms with Gasteiger partial charge in [-0.05, 0) is 60.7 Å². The minimum absolute atomic E-state index is 0.155. The van der Waals surface area contributed by atoms with Crippen molar-refractivity contribution < 1.29 is 14.4 Å². The topological polar surface area (TPSA) is 57.7 Å². The summed E-state index contributed by atoms with van der Waals surface area (Å²) in [5, 5.41) is -0.306. The lowest BCUT2D eigenvalue weighted by molar-refractivity contribution is -0.123. The molecule has 0 atom stereocenters. The minimum atomic E-state index is -0.360. The monoisotopic (exact) mass is 446 g/mol. The molecule has 0 unspecified atom stereocenters. The highest BCUT2D eigenvalue weighted by Crippen LogP contribution is 2.46. The number of hydrogen-bond donors (Lipinski definition) is 0. The average molecular weight is 447 g/mol. The molecular weight excluding hydrogens is 420 g/mol. The highest BCUT2D eigenvalue weighted by Gasteiger charge is 2.43. The number of fused-ring (bicyclic) bond motifs is 1. The van der Waals surface area contributed by atoms with Crippen LogP contribution in [0.2, 0.25) is 0 Å². The maximum atomic E-state index is 13.7. The van der Waals surface area contributed by atoms with E-state index in [0.29, 0.717) is 24.6 Å². The predicted molar refractivity (Wildman–Crippen MR) is 128 cm³/mol. The Morgan fingerprint density at radius 1 is 0.875 bits per heavy atom. The summed E-state index contributed by atoms with van der Waals surface area (Å²) >= 11 is 0.890. The summed E-state index contributed by atoms with van der Waals surface area (Å²) in [6.45, 7) is 2.74. The van der Waals surface area contributed by atoms with Gasteiger partial charge in [0, 0.05) is 18.7 Å². The number of likely N-dealkylation sites (N-methyl/N-ethyl adjacent to an activating group) is 1. The van der Waals surface area contributed by atoms with E-state index in [0.717, 1.165) is 47.0 Å². The molecule has 3 aliphatic rings. The number of hydrogen-bond acceptors (Lipinski definition) is 4. The van der Waals surface area contributed by atoms with E-state index in [-0.39, 0.29) is 22.0 Å². The Morgan fingerprint density at radius 2 is 1.62 bits per heavy atom. The molecule has 2 fully saturated rings. The quantitative estimate of drug-likeness (QED) is 0.565. The van der Waals surface area contributed by atoms with E-state index in [9.17, 15) is 14.4 Å². The number of thioether (sulfide) groups is 1. The van der Waals surface area contributed by atoms with Crippen LogP contribution in [0.25, 0.3) is 16.7 Å². The van der Waals surface area contributed by atoms with Crippen molar-refractivity contribution in [3.63, 3.8) is 0 Å². The molecule has 6 heteroatoms. The van der Waals surface area contributed by atoms with E-state index in [2.05, 4.69) is 0 Å². The molecular formula is C26H26N2O3S. The van der Waals surface area contributed by atoms with E-state index in [1.165, 1.54) is 24.2 Å². The van der Waals surface area contributed by atoms with Gasteiger partial charge in [0.2, 0.25) is 0 Å². The van der Waals surface area contributed by atoms with Crippen molar-refractivity contribution >= 4 is 40.1 Å². The molecule has 1 aliphatic carbocycles. The highest BCUT2D eigenvalue weighted by molar-refractivity contribution is 8.18. The lowest BCUT2D eigenvalue weighted by Crippen LogP contribution is -2.33. The smallest absolute Gasteiger partial charge is 0.293 e. The normalized spacial score (nSPS) is 21.6. The van der Waals surface area contributed by atoms with Gasteiger partial charge >= 0.3 is 0 Å². The fourth-order valence-electron chi connectivity index (χ4n) is 4.99. The van der Waals surface area contributed by atoms with Crippen LogP contribution < -0.4 is 4.90 Å². The number of carbonyl (C=O) groups is 3. The summed E-state index contributed by atoms with van der Waals surface area (Å²) < 4.78 is 0. The number of imide groups is 1. The molecule has 3 amide bonds. The fraction of sp³-hybridized carbons (Fsp3) is 0.346. The third-order valence-corrected chi connectivity index (χ3v) is 7.66. The first-order chi connectivity index (χ1) is 15.6. The third-order valence-electron chi connectivity index (χ3n) is 6.68. The first-order valence-corrected chi connectivity index (χ1v) is 12.2. The summed E-state index contributed by atoms with van der Waals surface area (Å²) in [4.78, 5) is 42.4. The average Bonchev–Trinajstić information content (AvgIpc) is 3.26. The molecule has 5 nitrogen and oxygen atoms in total. The third kappa shape index (κ3) is 3.56. The van der Waals surface area contributed by atoms with Gasteiger partial charge in [-0.25, -0.2) is 0 Å². The van der Waals surface area contributed by atoms with Gasteiger partial charge in [-0.15, -0.1) is 0 Å². The first kappa shape index (κ1) is 21.0. The second-order valence-corrected chi connectivity index (χ2v) is 9.60. The lowest BCUT2D eigenvalue weighted by Gasteiger charge is -2.27. The standard InChI is InChI=1S/C26H26N2O3S/c1-2-27-25(30)23(32-26(27)31)22-20-15-19(18-11-7-4-8-12-18)13-14-21(20)28(24(22)29)16-17-9-5-3-6-10-17/h4,7-8,11-15,17H,2-3,5-6,9-10,16H2,1H3/b23-22-. The minimum Gasteiger partial charge on any atom is -0.307 e. The van der Waals surface area contributed by atoms with Crippen molar-refractivity contribution in [2.24, 2.45) is 5.92 Å². The van der Waals surface area contributed by atoms with Gasteiger partial charge in [-0.3, -0.25) is 19.3 Å². The van der Waals surface area contributed by atoms with E-state index >= 15 is 0 Å². The van der Waals surface area contributed by atoms with Crippen LogP contribution in [0.3, 0.4) is 0 Å². The molecule has 0 aromatic heterocycles. The molecule has 164 valence electrons. The van der Waals surface area contributed by atoms with E-state index in [1.54, 1.807) is 6.92 Å². The van der Waals surface area contributed by atoms with Gasteiger partial charge in [-0.1, -0.05) is 55.7 Å². The SMILES string of the molecule is CCN1C(=O)S/C(=C2\C(=O)N(CC3CCCCC3)c3ccc(-c4ccccc4)cc32)C1=O. The Morgan fingerprint density at radius 3 is 2.31 bits per heavy atom. The molecule has 1 saturated carbocycles. The van der Waals surface area contributed by atoms with Gasteiger partial charge in [0.1, 0.15) is 0 Å². The summed E-state index contributed by atoms with van der Waals surface area (Å²) in [6, 6.07) is 16.0. The van der Waals surface area contributed by atoms with Gasteiger partial charge in [0.25, 0.3) is 17.1 Å². The van der Waals surface area contributed by atoms with E-state index in [4.69, 9.17) is 0 Å². The summed E-state index contributed by atoms with van der Waals surface area (Å²) in [5.41, 5.74) is 4.03. The zero-order valence-corrected chi connectivity index (χ0v) is 19.0. The maximum Gasteiger partial charge on any atom is 0.293 e. The van der Waals surface area contributed by atoms with Crippen molar-refractivity contribution in [1.82, 2.24) is 4.90 Å².